The number of rotatable bonds is 2. The third-order valence-corrected chi connectivity index (χ3v) is 5.62. The van der Waals surface area contributed by atoms with E-state index in [1.165, 1.54) is 0 Å². The van der Waals surface area contributed by atoms with Crippen molar-refractivity contribution in [2.45, 2.75) is 18.9 Å². The van der Waals surface area contributed by atoms with Gasteiger partial charge in [0.15, 0.2) is 0 Å². The van der Waals surface area contributed by atoms with Crippen LogP contribution < -0.4 is 5.32 Å². The van der Waals surface area contributed by atoms with Gasteiger partial charge >= 0.3 is 5.97 Å². The standard InChI is InChI=1S/C15H14INO3/c16-8-1-3-9(4-2-8)17-14(18)12-7-5-10-11(6-7)20-15(19)13(10)12/h1-4,7,10-13H,5-6H2,(H,17,18)/t7-,10-,11+,12-,13-/m0/s1. The van der Waals surface area contributed by atoms with E-state index in [1.54, 1.807) is 0 Å². The number of carbonyl (C=O) groups is 2. The summed E-state index contributed by atoms with van der Waals surface area (Å²) in [5.74, 6) is -0.0119. The second kappa shape index (κ2) is 4.44. The second-order valence-electron chi connectivity index (χ2n) is 5.92. The van der Waals surface area contributed by atoms with Crippen molar-refractivity contribution in [1.82, 2.24) is 0 Å². The third kappa shape index (κ3) is 1.78. The molecule has 1 heterocycles. The molecule has 1 amide bonds. The number of fused-ring (bicyclic) bond motifs is 1. The minimum atomic E-state index is -0.206. The van der Waals surface area contributed by atoms with Gasteiger partial charge < -0.3 is 10.1 Å². The molecule has 1 aromatic rings. The van der Waals surface area contributed by atoms with E-state index in [0.29, 0.717) is 5.92 Å². The maximum absolute atomic E-state index is 12.5. The quantitative estimate of drug-likeness (QED) is 0.631. The molecule has 1 saturated heterocycles. The van der Waals surface area contributed by atoms with E-state index >= 15 is 0 Å². The molecule has 20 heavy (non-hydrogen) atoms. The summed E-state index contributed by atoms with van der Waals surface area (Å²) >= 11 is 2.23. The van der Waals surface area contributed by atoms with E-state index in [2.05, 4.69) is 27.9 Å². The van der Waals surface area contributed by atoms with Crippen LogP contribution >= 0.6 is 22.6 Å². The zero-order valence-electron chi connectivity index (χ0n) is 10.7. The number of amides is 1. The zero-order valence-corrected chi connectivity index (χ0v) is 12.9. The van der Waals surface area contributed by atoms with Crippen LogP contribution in [0.4, 0.5) is 5.69 Å². The van der Waals surface area contributed by atoms with Gasteiger partial charge in [0.05, 0.1) is 11.8 Å². The zero-order chi connectivity index (χ0) is 13.9. The fourth-order valence-corrected chi connectivity index (χ4v) is 4.48. The highest BCUT2D eigenvalue weighted by molar-refractivity contribution is 14.1. The highest BCUT2D eigenvalue weighted by Gasteiger charge is 2.63. The number of hydrogen-bond donors (Lipinski definition) is 1. The molecule has 5 heteroatoms. The smallest absolute Gasteiger partial charge is 0.310 e. The van der Waals surface area contributed by atoms with Gasteiger partial charge in [0, 0.05) is 15.2 Å². The molecular weight excluding hydrogens is 369 g/mol. The van der Waals surface area contributed by atoms with Crippen LogP contribution in [-0.2, 0) is 14.3 Å². The predicted octanol–water partition coefficient (Wildman–Crippen LogP) is 2.43. The minimum Gasteiger partial charge on any atom is -0.462 e. The van der Waals surface area contributed by atoms with Crippen molar-refractivity contribution in [1.29, 1.82) is 0 Å². The number of ether oxygens (including phenoxy) is 1. The largest absolute Gasteiger partial charge is 0.462 e. The summed E-state index contributed by atoms with van der Waals surface area (Å²) in [7, 11) is 0. The first-order valence-electron chi connectivity index (χ1n) is 6.90. The first-order valence-corrected chi connectivity index (χ1v) is 7.98. The van der Waals surface area contributed by atoms with Gasteiger partial charge in [-0.05, 0) is 65.6 Å². The van der Waals surface area contributed by atoms with Gasteiger partial charge in [-0.1, -0.05) is 0 Å². The predicted molar refractivity (Wildman–Crippen MR) is 80.9 cm³/mol. The molecule has 1 aromatic carbocycles. The summed E-state index contributed by atoms with van der Waals surface area (Å²) in [6.07, 6.45) is 1.91. The Morgan fingerprint density at radius 2 is 2.00 bits per heavy atom. The van der Waals surface area contributed by atoms with Crippen molar-refractivity contribution in [3.8, 4) is 0 Å². The second-order valence-corrected chi connectivity index (χ2v) is 7.16. The molecule has 0 unspecified atom stereocenters. The van der Waals surface area contributed by atoms with Crippen molar-refractivity contribution in [3.63, 3.8) is 0 Å². The molecule has 2 bridgehead atoms. The molecule has 104 valence electrons. The van der Waals surface area contributed by atoms with Gasteiger partial charge in [0.1, 0.15) is 6.10 Å². The van der Waals surface area contributed by atoms with E-state index in [4.69, 9.17) is 4.74 Å². The van der Waals surface area contributed by atoms with Gasteiger partial charge in [-0.3, -0.25) is 9.59 Å². The maximum atomic E-state index is 12.5. The highest BCUT2D eigenvalue weighted by atomic mass is 127. The summed E-state index contributed by atoms with van der Waals surface area (Å²) in [5, 5.41) is 2.95. The number of hydrogen-bond acceptors (Lipinski definition) is 3. The third-order valence-electron chi connectivity index (χ3n) is 4.90. The summed E-state index contributed by atoms with van der Waals surface area (Å²) < 4.78 is 6.49. The topological polar surface area (TPSA) is 55.4 Å². The van der Waals surface area contributed by atoms with Gasteiger partial charge in [0.2, 0.25) is 5.91 Å². The number of anilines is 1. The Hall–Kier alpha value is -1.11. The van der Waals surface area contributed by atoms with E-state index in [-0.39, 0.29) is 35.7 Å². The number of carbonyl (C=O) groups excluding carboxylic acids is 2. The van der Waals surface area contributed by atoms with Crippen molar-refractivity contribution in [3.05, 3.63) is 27.8 Å². The van der Waals surface area contributed by atoms with Crippen LogP contribution in [-0.4, -0.2) is 18.0 Å². The Kier molecular flexibility index (Phi) is 2.80. The molecule has 3 fully saturated rings. The van der Waals surface area contributed by atoms with Crippen molar-refractivity contribution in [2.24, 2.45) is 23.7 Å². The van der Waals surface area contributed by atoms with Crippen LogP contribution in [0.15, 0.2) is 24.3 Å². The lowest BCUT2D eigenvalue weighted by Crippen LogP contribution is -2.35. The highest BCUT2D eigenvalue weighted by Crippen LogP contribution is 2.57. The lowest BCUT2D eigenvalue weighted by molar-refractivity contribution is -0.145. The molecule has 2 saturated carbocycles. The Morgan fingerprint density at radius 3 is 2.75 bits per heavy atom. The molecule has 0 radical (unpaired) electrons. The SMILES string of the molecule is O=C(Nc1ccc(I)cc1)[C@H]1[C@H]2C[C@@H]3[C@@H]1C(=O)O[C@@H]3C2. The van der Waals surface area contributed by atoms with Crippen LogP contribution in [0.1, 0.15) is 12.8 Å². The van der Waals surface area contributed by atoms with Gasteiger partial charge in [-0.15, -0.1) is 0 Å². The summed E-state index contributed by atoms with van der Waals surface area (Å²) in [4.78, 5) is 24.4. The average molecular weight is 383 g/mol. The number of benzene rings is 1. The molecule has 4 nitrogen and oxygen atoms in total. The first-order chi connectivity index (χ1) is 9.63. The molecule has 3 aliphatic rings. The molecular formula is C15H14INO3. The minimum absolute atomic E-state index is 0.0268. The molecule has 1 aliphatic heterocycles. The van der Waals surface area contributed by atoms with E-state index in [1.807, 2.05) is 24.3 Å². The van der Waals surface area contributed by atoms with Crippen LogP contribution in [0.2, 0.25) is 0 Å². The number of halogens is 1. The molecule has 0 aromatic heterocycles. The Labute approximate surface area is 130 Å². The van der Waals surface area contributed by atoms with Crippen LogP contribution in [0.25, 0.3) is 0 Å². The monoisotopic (exact) mass is 383 g/mol. The molecule has 1 N–H and O–H groups in total. The normalized spacial score (nSPS) is 37.0. The molecule has 4 rings (SSSR count). The van der Waals surface area contributed by atoms with Crippen molar-refractivity contribution >= 4 is 40.2 Å². The van der Waals surface area contributed by atoms with Crippen LogP contribution in [0, 0.1) is 27.2 Å². The van der Waals surface area contributed by atoms with Crippen molar-refractivity contribution < 1.29 is 14.3 Å². The molecule has 0 spiro atoms. The lowest BCUT2D eigenvalue weighted by Gasteiger charge is -2.23. The number of nitrogens with one attached hydrogen (secondary N) is 1. The first kappa shape index (κ1) is 12.6. The average Bonchev–Trinajstić information content (AvgIpc) is 3.02. The van der Waals surface area contributed by atoms with E-state index in [9.17, 15) is 9.59 Å². The van der Waals surface area contributed by atoms with E-state index < -0.39 is 0 Å². The Balaban J connectivity index is 1.54. The van der Waals surface area contributed by atoms with Gasteiger partial charge in [-0.25, -0.2) is 0 Å². The number of esters is 1. The summed E-state index contributed by atoms with van der Waals surface area (Å²) in [5.41, 5.74) is 0.793. The Bertz CT molecular complexity index is 583. The summed E-state index contributed by atoms with van der Waals surface area (Å²) in [6.45, 7) is 0. The molecule has 5 atom stereocenters. The Morgan fingerprint density at radius 1 is 1.25 bits per heavy atom. The maximum Gasteiger partial charge on any atom is 0.310 e. The molecule has 2 aliphatic carbocycles. The van der Waals surface area contributed by atoms with Crippen LogP contribution in [0.5, 0.6) is 0 Å². The fourth-order valence-electron chi connectivity index (χ4n) is 4.12. The van der Waals surface area contributed by atoms with Gasteiger partial charge in [0.25, 0.3) is 0 Å². The van der Waals surface area contributed by atoms with E-state index in [0.717, 1.165) is 22.1 Å². The van der Waals surface area contributed by atoms with Crippen molar-refractivity contribution in [2.75, 3.05) is 5.32 Å². The fraction of sp³-hybridized carbons (Fsp3) is 0.467. The lowest BCUT2D eigenvalue weighted by atomic mass is 9.79. The summed E-state index contributed by atoms with van der Waals surface area (Å²) in [6, 6.07) is 7.69. The van der Waals surface area contributed by atoms with Gasteiger partial charge in [-0.2, -0.15) is 0 Å². The van der Waals surface area contributed by atoms with Crippen LogP contribution in [0.3, 0.4) is 0 Å².